The summed E-state index contributed by atoms with van der Waals surface area (Å²) < 4.78 is 11.3. The largest absolute Gasteiger partial charge is 0.381 e. The molecule has 0 amide bonds. The second-order valence-electron chi connectivity index (χ2n) is 6.02. The molecule has 5 nitrogen and oxygen atoms in total. The number of hydrogen-bond donors (Lipinski definition) is 0. The van der Waals surface area contributed by atoms with Gasteiger partial charge in [0, 0.05) is 36.6 Å². The maximum atomic E-state index is 6.25. The zero-order valence-electron chi connectivity index (χ0n) is 13.7. The third-order valence-corrected chi connectivity index (χ3v) is 4.59. The molecule has 1 aromatic carbocycles. The van der Waals surface area contributed by atoms with Gasteiger partial charge in [0.2, 0.25) is 0 Å². The van der Waals surface area contributed by atoms with E-state index in [0.717, 1.165) is 48.2 Å². The van der Waals surface area contributed by atoms with Crippen molar-refractivity contribution < 1.29 is 9.47 Å². The van der Waals surface area contributed by atoms with Gasteiger partial charge in [0.05, 0.1) is 22.3 Å². The molecule has 0 saturated carbocycles. The first-order valence-electron chi connectivity index (χ1n) is 8.35. The Bertz CT molecular complexity index is 881. The lowest BCUT2D eigenvalue weighted by Crippen LogP contribution is -2.23. The highest BCUT2D eigenvalue weighted by molar-refractivity contribution is 6.33. The second kappa shape index (κ2) is 7.44. The van der Waals surface area contributed by atoms with Gasteiger partial charge in [-0.3, -0.25) is 4.98 Å². The van der Waals surface area contributed by atoms with Crippen LogP contribution in [-0.4, -0.2) is 34.3 Å². The van der Waals surface area contributed by atoms with Crippen LogP contribution in [0.4, 0.5) is 0 Å². The van der Waals surface area contributed by atoms with Crippen LogP contribution in [0.3, 0.4) is 0 Å². The molecule has 4 rings (SSSR count). The van der Waals surface area contributed by atoms with E-state index in [-0.39, 0.29) is 6.10 Å². The average Bonchev–Trinajstić information content (AvgIpc) is 2.67. The van der Waals surface area contributed by atoms with E-state index in [1.807, 2.05) is 36.5 Å². The summed E-state index contributed by atoms with van der Waals surface area (Å²) in [5.74, 6) is 0.684. The molecule has 0 aliphatic carbocycles. The van der Waals surface area contributed by atoms with E-state index in [4.69, 9.17) is 21.1 Å². The second-order valence-corrected chi connectivity index (χ2v) is 6.42. The Morgan fingerprint density at radius 3 is 2.88 bits per heavy atom. The van der Waals surface area contributed by atoms with Gasteiger partial charge >= 0.3 is 0 Å². The van der Waals surface area contributed by atoms with E-state index in [1.54, 1.807) is 6.20 Å². The highest BCUT2D eigenvalue weighted by Gasteiger charge is 2.15. The molecule has 0 bridgehead atoms. The molecule has 1 saturated heterocycles. The number of fused-ring (bicyclic) bond motifs is 1. The molecule has 25 heavy (non-hydrogen) atoms. The van der Waals surface area contributed by atoms with Gasteiger partial charge in [0.15, 0.2) is 5.82 Å². The monoisotopic (exact) mass is 355 g/mol. The first-order valence-corrected chi connectivity index (χ1v) is 8.73. The summed E-state index contributed by atoms with van der Waals surface area (Å²) in [6.07, 6.45) is 5.64. The Hall–Kier alpha value is -2.08. The van der Waals surface area contributed by atoms with Crippen LogP contribution in [0.25, 0.3) is 22.2 Å². The molecular weight excluding hydrogens is 338 g/mol. The fraction of sp³-hybridized carbons (Fsp3) is 0.316. The summed E-state index contributed by atoms with van der Waals surface area (Å²) in [4.78, 5) is 13.4. The van der Waals surface area contributed by atoms with Gasteiger partial charge in [-0.15, -0.1) is 0 Å². The van der Waals surface area contributed by atoms with E-state index in [1.165, 1.54) is 0 Å². The van der Waals surface area contributed by atoms with Gasteiger partial charge in [-0.05, 0) is 31.0 Å². The zero-order valence-corrected chi connectivity index (χ0v) is 14.4. The highest BCUT2D eigenvalue weighted by atomic mass is 35.5. The molecule has 1 aliphatic heterocycles. The summed E-state index contributed by atoms with van der Waals surface area (Å²) >= 11 is 6.25. The maximum Gasteiger partial charge on any atom is 0.154 e. The van der Waals surface area contributed by atoms with Crippen molar-refractivity contribution in [3.63, 3.8) is 0 Å². The van der Waals surface area contributed by atoms with E-state index in [9.17, 15) is 0 Å². The average molecular weight is 356 g/mol. The quantitative estimate of drug-likeness (QED) is 0.707. The van der Waals surface area contributed by atoms with Crippen molar-refractivity contribution in [1.29, 1.82) is 0 Å². The third kappa shape index (κ3) is 3.79. The van der Waals surface area contributed by atoms with Crippen LogP contribution in [-0.2, 0) is 16.1 Å². The van der Waals surface area contributed by atoms with Crippen molar-refractivity contribution in [2.24, 2.45) is 0 Å². The van der Waals surface area contributed by atoms with Gasteiger partial charge in [-0.2, -0.15) is 0 Å². The number of pyridine rings is 1. The standard InChI is InChI=1S/C19H18ClN3O2/c20-16-2-1-7-21-19(16)13-3-4-14-11-22-18(23-17(14)10-13)12-25-15-5-8-24-9-6-15/h1-4,7,10-11,15H,5-6,8-9,12H2. The van der Waals surface area contributed by atoms with Crippen LogP contribution in [0.15, 0.2) is 42.7 Å². The van der Waals surface area contributed by atoms with Crippen LogP contribution in [0, 0.1) is 0 Å². The first kappa shape index (κ1) is 16.4. The van der Waals surface area contributed by atoms with Crippen LogP contribution < -0.4 is 0 Å². The fourth-order valence-electron chi connectivity index (χ4n) is 2.91. The molecule has 2 aromatic heterocycles. The van der Waals surface area contributed by atoms with Crippen molar-refractivity contribution in [3.05, 3.63) is 53.6 Å². The van der Waals surface area contributed by atoms with E-state index >= 15 is 0 Å². The molecule has 3 aromatic rings. The Morgan fingerprint density at radius 1 is 1.16 bits per heavy atom. The number of benzene rings is 1. The van der Waals surface area contributed by atoms with Crippen molar-refractivity contribution in [3.8, 4) is 11.3 Å². The SMILES string of the molecule is Clc1cccnc1-c1ccc2cnc(COC3CCOCC3)nc2c1. The molecule has 0 unspecified atom stereocenters. The lowest BCUT2D eigenvalue weighted by Gasteiger charge is -2.21. The molecule has 0 N–H and O–H groups in total. The third-order valence-electron chi connectivity index (χ3n) is 4.28. The van der Waals surface area contributed by atoms with Gasteiger partial charge < -0.3 is 9.47 Å². The van der Waals surface area contributed by atoms with Gasteiger partial charge in [0.25, 0.3) is 0 Å². The summed E-state index contributed by atoms with van der Waals surface area (Å²) in [5.41, 5.74) is 2.55. The molecule has 6 heteroatoms. The molecule has 0 spiro atoms. The number of halogens is 1. The molecular formula is C19H18ClN3O2. The number of ether oxygens (including phenoxy) is 2. The number of nitrogens with zero attached hydrogens (tertiary/aromatic N) is 3. The summed E-state index contributed by atoms with van der Waals surface area (Å²) in [5, 5.41) is 1.60. The first-order chi connectivity index (χ1) is 12.3. The normalized spacial score (nSPS) is 15.6. The zero-order chi connectivity index (χ0) is 17.1. The van der Waals surface area contributed by atoms with Crippen molar-refractivity contribution in [2.75, 3.05) is 13.2 Å². The smallest absolute Gasteiger partial charge is 0.154 e. The number of rotatable bonds is 4. The Morgan fingerprint density at radius 2 is 2.04 bits per heavy atom. The minimum Gasteiger partial charge on any atom is -0.381 e. The molecule has 3 heterocycles. The fourth-order valence-corrected chi connectivity index (χ4v) is 3.14. The van der Waals surface area contributed by atoms with Crippen molar-refractivity contribution >= 4 is 22.5 Å². The predicted molar refractivity (Wildman–Crippen MR) is 96.4 cm³/mol. The predicted octanol–water partition coefficient (Wildman–Crippen LogP) is 4.04. The number of aromatic nitrogens is 3. The molecule has 1 aliphatic rings. The topological polar surface area (TPSA) is 57.1 Å². The Labute approximate surface area is 151 Å². The molecule has 1 fully saturated rings. The van der Waals surface area contributed by atoms with Crippen molar-refractivity contribution in [2.45, 2.75) is 25.6 Å². The Balaban J connectivity index is 1.57. The van der Waals surface area contributed by atoms with Crippen LogP contribution in [0.1, 0.15) is 18.7 Å². The van der Waals surface area contributed by atoms with Gasteiger partial charge in [-0.25, -0.2) is 9.97 Å². The minimum absolute atomic E-state index is 0.228. The van der Waals surface area contributed by atoms with Crippen LogP contribution >= 0.6 is 11.6 Å². The lowest BCUT2D eigenvalue weighted by atomic mass is 10.1. The van der Waals surface area contributed by atoms with Crippen LogP contribution in [0.2, 0.25) is 5.02 Å². The molecule has 128 valence electrons. The van der Waals surface area contributed by atoms with Crippen molar-refractivity contribution in [1.82, 2.24) is 15.0 Å². The van der Waals surface area contributed by atoms with Gasteiger partial charge in [-0.1, -0.05) is 23.7 Å². The van der Waals surface area contributed by atoms with E-state index < -0.39 is 0 Å². The maximum absolute atomic E-state index is 6.25. The number of hydrogen-bond acceptors (Lipinski definition) is 5. The van der Waals surface area contributed by atoms with Crippen LogP contribution in [0.5, 0.6) is 0 Å². The summed E-state index contributed by atoms with van der Waals surface area (Å²) in [7, 11) is 0. The summed E-state index contributed by atoms with van der Waals surface area (Å²) in [6, 6.07) is 9.61. The van der Waals surface area contributed by atoms with Gasteiger partial charge in [0.1, 0.15) is 6.61 Å². The Kier molecular flexibility index (Phi) is 4.88. The molecule has 0 radical (unpaired) electrons. The highest BCUT2D eigenvalue weighted by Crippen LogP contribution is 2.27. The van der Waals surface area contributed by atoms with E-state index in [0.29, 0.717) is 17.5 Å². The minimum atomic E-state index is 0.228. The summed E-state index contributed by atoms with van der Waals surface area (Å²) in [6.45, 7) is 1.93. The lowest BCUT2D eigenvalue weighted by molar-refractivity contribution is -0.0408. The molecule has 0 atom stereocenters. The van der Waals surface area contributed by atoms with E-state index in [2.05, 4.69) is 15.0 Å².